The number of carbonyl (C=O) groups is 2. The van der Waals surface area contributed by atoms with Crippen molar-refractivity contribution in [1.82, 2.24) is 20.2 Å². The number of likely N-dealkylation sites (tertiary alicyclic amines) is 1. The predicted octanol–water partition coefficient (Wildman–Crippen LogP) is 1.45. The predicted molar refractivity (Wildman–Crippen MR) is 100.0 cm³/mol. The van der Waals surface area contributed by atoms with E-state index in [0.717, 1.165) is 5.69 Å². The van der Waals surface area contributed by atoms with Crippen molar-refractivity contribution in [3.05, 3.63) is 54.6 Å². The Bertz CT molecular complexity index is 739. The van der Waals surface area contributed by atoms with Crippen molar-refractivity contribution in [2.24, 2.45) is 5.92 Å². The molecule has 2 aromatic rings. The molecule has 142 valence electrons. The summed E-state index contributed by atoms with van der Waals surface area (Å²) in [5.74, 6) is 0.579. The minimum absolute atomic E-state index is 0.0277. The number of hydrogen-bond acceptors (Lipinski definition) is 5. The Morgan fingerprint density at radius 1 is 1.26 bits per heavy atom. The summed E-state index contributed by atoms with van der Waals surface area (Å²) in [6.45, 7) is 1.85. The normalized spacial score (nSPS) is 16.8. The Hall–Kier alpha value is -2.96. The van der Waals surface area contributed by atoms with E-state index in [1.54, 1.807) is 29.6 Å². The molecule has 7 heteroatoms. The van der Waals surface area contributed by atoms with Gasteiger partial charge in [-0.3, -0.25) is 19.6 Å². The fourth-order valence-electron chi connectivity index (χ4n) is 3.06. The van der Waals surface area contributed by atoms with Crippen LogP contribution in [0.4, 0.5) is 0 Å². The van der Waals surface area contributed by atoms with Gasteiger partial charge >= 0.3 is 0 Å². The van der Waals surface area contributed by atoms with Crippen LogP contribution in [0.1, 0.15) is 18.5 Å². The van der Waals surface area contributed by atoms with Gasteiger partial charge in [0.2, 0.25) is 11.8 Å². The Labute approximate surface area is 158 Å². The van der Waals surface area contributed by atoms with Crippen molar-refractivity contribution in [3.8, 4) is 5.75 Å². The lowest BCUT2D eigenvalue weighted by molar-refractivity contribution is -0.138. The van der Waals surface area contributed by atoms with Gasteiger partial charge in [-0.25, -0.2) is 0 Å². The standard InChI is InChI=1S/C20H24N4O3/c25-19-7-6-16(15-24(19)12-8-17-4-1-2-10-22-17)20(26)23-11-13-27-18-5-3-9-21-14-18/h1-5,9-10,14,16H,6-8,11-13,15H2,(H,23,26)/t16-/m0/s1. The molecule has 0 bridgehead atoms. The van der Waals surface area contributed by atoms with E-state index in [-0.39, 0.29) is 17.7 Å². The highest BCUT2D eigenvalue weighted by Crippen LogP contribution is 2.18. The molecule has 3 rings (SSSR count). The number of amides is 2. The lowest BCUT2D eigenvalue weighted by Crippen LogP contribution is -2.46. The first kappa shape index (κ1) is 18.8. The van der Waals surface area contributed by atoms with E-state index >= 15 is 0 Å². The highest BCUT2D eigenvalue weighted by molar-refractivity contribution is 5.83. The number of nitrogens with one attached hydrogen (secondary N) is 1. The van der Waals surface area contributed by atoms with Gasteiger partial charge in [-0.1, -0.05) is 6.07 Å². The number of pyridine rings is 2. The van der Waals surface area contributed by atoms with Gasteiger partial charge in [0.15, 0.2) is 0 Å². The molecule has 2 aromatic heterocycles. The molecule has 3 heterocycles. The minimum Gasteiger partial charge on any atom is -0.490 e. The number of piperidine rings is 1. The van der Waals surface area contributed by atoms with Gasteiger partial charge in [0.05, 0.1) is 18.7 Å². The molecule has 1 fully saturated rings. The molecule has 0 aliphatic carbocycles. The van der Waals surface area contributed by atoms with Crippen LogP contribution in [0, 0.1) is 5.92 Å². The summed E-state index contributed by atoms with van der Waals surface area (Å²) in [6, 6.07) is 9.37. The Morgan fingerprint density at radius 2 is 2.19 bits per heavy atom. The molecule has 2 amide bonds. The Kier molecular flexibility index (Phi) is 6.73. The molecule has 7 nitrogen and oxygen atoms in total. The zero-order chi connectivity index (χ0) is 18.9. The van der Waals surface area contributed by atoms with E-state index in [1.807, 2.05) is 24.3 Å². The summed E-state index contributed by atoms with van der Waals surface area (Å²) in [6.07, 6.45) is 6.75. The van der Waals surface area contributed by atoms with Crippen LogP contribution in [0.25, 0.3) is 0 Å². The first-order valence-corrected chi connectivity index (χ1v) is 9.20. The molecule has 0 radical (unpaired) electrons. The van der Waals surface area contributed by atoms with E-state index in [4.69, 9.17) is 4.74 Å². The molecule has 1 aliphatic heterocycles. The van der Waals surface area contributed by atoms with Crippen LogP contribution in [-0.2, 0) is 16.0 Å². The van der Waals surface area contributed by atoms with Gasteiger partial charge in [-0.15, -0.1) is 0 Å². The van der Waals surface area contributed by atoms with Gasteiger partial charge in [0.25, 0.3) is 0 Å². The molecule has 1 saturated heterocycles. The Morgan fingerprint density at radius 3 is 2.96 bits per heavy atom. The van der Waals surface area contributed by atoms with Gasteiger partial charge in [-0.05, 0) is 30.7 Å². The van der Waals surface area contributed by atoms with Crippen LogP contribution >= 0.6 is 0 Å². The molecule has 1 N–H and O–H groups in total. The summed E-state index contributed by atoms with van der Waals surface area (Å²) in [7, 11) is 0. The average molecular weight is 368 g/mol. The minimum atomic E-state index is -0.176. The second kappa shape index (κ2) is 9.66. The maximum atomic E-state index is 12.4. The third-order valence-electron chi connectivity index (χ3n) is 4.54. The zero-order valence-corrected chi connectivity index (χ0v) is 15.2. The number of ether oxygens (including phenoxy) is 1. The molecule has 27 heavy (non-hydrogen) atoms. The molecule has 1 atom stereocenters. The maximum absolute atomic E-state index is 12.4. The van der Waals surface area contributed by atoms with Gasteiger partial charge in [0.1, 0.15) is 12.4 Å². The van der Waals surface area contributed by atoms with Crippen LogP contribution < -0.4 is 10.1 Å². The van der Waals surface area contributed by atoms with Crippen molar-refractivity contribution >= 4 is 11.8 Å². The maximum Gasteiger partial charge on any atom is 0.225 e. The lowest BCUT2D eigenvalue weighted by Gasteiger charge is -2.32. The zero-order valence-electron chi connectivity index (χ0n) is 15.2. The second-order valence-corrected chi connectivity index (χ2v) is 6.47. The quantitative estimate of drug-likeness (QED) is 0.713. The summed E-state index contributed by atoms with van der Waals surface area (Å²) in [5, 5.41) is 2.90. The average Bonchev–Trinajstić information content (AvgIpc) is 2.72. The van der Waals surface area contributed by atoms with E-state index in [1.165, 1.54) is 0 Å². The largest absolute Gasteiger partial charge is 0.490 e. The van der Waals surface area contributed by atoms with Crippen molar-refractivity contribution in [3.63, 3.8) is 0 Å². The summed E-state index contributed by atoms with van der Waals surface area (Å²) >= 11 is 0. The van der Waals surface area contributed by atoms with Crippen LogP contribution in [0.5, 0.6) is 5.75 Å². The van der Waals surface area contributed by atoms with Crippen molar-refractivity contribution < 1.29 is 14.3 Å². The number of rotatable bonds is 8. The highest BCUT2D eigenvalue weighted by atomic mass is 16.5. The van der Waals surface area contributed by atoms with Gasteiger partial charge < -0.3 is 15.0 Å². The van der Waals surface area contributed by atoms with E-state index in [0.29, 0.717) is 51.3 Å². The van der Waals surface area contributed by atoms with Crippen molar-refractivity contribution in [1.29, 1.82) is 0 Å². The van der Waals surface area contributed by atoms with E-state index in [2.05, 4.69) is 15.3 Å². The monoisotopic (exact) mass is 368 g/mol. The summed E-state index contributed by atoms with van der Waals surface area (Å²) < 4.78 is 5.52. The van der Waals surface area contributed by atoms with Crippen LogP contribution in [-0.4, -0.2) is 52.9 Å². The number of carbonyl (C=O) groups excluding carboxylic acids is 2. The molecule has 0 spiro atoms. The van der Waals surface area contributed by atoms with Gasteiger partial charge in [0, 0.05) is 44.0 Å². The number of nitrogens with zero attached hydrogens (tertiary/aromatic N) is 3. The third kappa shape index (κ3) is 5.77. The molecule has 1 aliphatic rings. The highest BCUT2D eigenvalue weighted by Gasteiger charge is 2.29. The molecular weight excluding hydrogens is 344 g/mol. The molecule has 0 aromatic carbocycles. The lowest BCUT2D eigenvalue weighted by atomic mass is 9.96. The smallest absolute Gasteiger partial charge is 0.225 e. The fourth-order valence-corrected chi connectivity index (χ4v) is 3.06. The van der Waals surface area contributed by atoms with Gasteiger partial charge in [-0.2, -0.15) is 0 Å². The summed E-state index contributed by atoms with van der Waals surface area (Å²) in [4.78, 5) is 34.6. The SMILES string of the molecule is O=C(NCCOc1cccnc1)[C@H]1CCC(=O)N(CCc2ccccn2)C1. The summed E-state index contributed by atoms with van der Waals surface area (Å²) in [5.41, 5.74) is 0.949. The number of hydrogen-bond donors (Lipinski definition) is 1. The van der Waals surface area contributed by atoms with Crippen LogP contribution in [0.2, 0.25) is 0 Å². The fraction of sp³-hybridized carbons (Fsp3) is 0.400. The van der Waals surface area contributed by atoms with E-state index < -0.39 is 0 Å². The first-order valence-electron chi connectivity index (χ1n) is 9.20. The first-order chi connectivity index (χ1) is 13.2. The molecule has 0 saturated carbocycles. The molecule has 0 unspecified atom stereocenters. The van der Waals surface area contributed by atoms with Crippen LogP contribution in [0.3, 0.4) is 0 Å². The van der Waals surface area contributed by atoms with E-state index in [9.17, 15) is 9.59 Å². The second-order valence-electron chi connectivity index (χ2n) is 6.47. The third-order valence-corrected chi connectivity index (χ3v) is 4.54. The molecular formula is C20H24N4O3. The van der Waals surface area contributed by atoms with Crippen molar-refractivity contribution in [2.75, 3.05) is 26.2 Å². The Balaban J connectivity index is 1.41. The number of aromatic nitrogens is 2. The van der Waals surface area contributed by atoms with Crippen LogP contribution in [0.15, 0.2) is 48.9 Å². The van der Waals surface area contributed by atoms with Crippen molar-refractivity contribution in [2.45, 2.75) is 19.3 Å². The topological polar surface area (TPSA) is 84.4 Å².